The van der Waals surface area contributed by atoms with Crippen LogP contribution in [0.5, 0.6) is 0 Å². The summed E-state index contributed by atoms with van der Waals surface area (Å²) in [6.07, 6.45) is 1.74. The largest absolute Gasteiger partial charge is 0.481 e. The zero-order valence-electron chi connectivity index (χ0n) is 8.83. The molecular weight excluding hydrogens is 180 g/mol. The van der Waals surface area contributed by atoms with Crippen LogP contribution in [-0.4, -0.2) is 16.9 Å². The van der Waals surface area contributed by atoms with Crippen molar-refractivity contribution in [1.82, 2.24) is 0 Å². The smallest absolute Gasteiger partial charge is 0.314 e. The van der Waals surface area contributed by atoms with Crippen molar-refractivity contribution in [3.63, 3.8) is 0 Å². The summed E-state index contributed by atoms with van der Waals surface area (Å²) in [5, 5.41) is 9.03. The standard InChI is InChI=1S/C11H16O3/c1-10(2)6-4-5-11(10,3)8(12)7(6)9(13)14/h6-7H,4-5H2,1-3H3,(H,13,14)/t6-,7-,11+/m1/s1. The number of carboxylic acids is 1. The van der Waals surface area contributed by atoms with Crippen LogP contribution in [0.1, 0.15) is 33.6 Å². The van der Waals surface area contributed by atoms with Crippen molar-refractivity contribution in [2.75, 3.05) is 0 Å². The second-order valence-electron chi connectivity index (χ2n) is 5.38. The van der Waals surface area contributed by atoms with Crippen molar-refractivity contribution in [1.29, 1.82) is 0 Å². The predicted molar refractivity (Wildman–Crippen MR) is 50.7 cm³/mol. The van der Waals surface area contributed by atoms with Gasteiger partial charge in [-0.1, -0.05) is 20.8 Å². The van der Waals surface area contributed by atoms with Crippen LogP contribution in [-0.2, 0) is 9.59 Å². The Bertz CT molecular complexity index is 318. The van der Waals surface area contributed by atoms with Gasteiger partial charge in [-0.3, -0.25) is 9.59 Å². The fraction of sp³-hybridized carbons (Fsp3) is 0.818. The van der Waals surface area contributed by atoms with E-state index in [1.165, 1.54) is 0 Å². The molecule has 14 heavy (non-hydrogen) atoms. The summed E-state index contributed by atoms with van der Waals surface area (Å²) < 4.78 is 0. The van der Waals surface area contributed by atoms with Gasteiger partial charge in [-0.05, 0) is 24.2 Å². The lowest BCUT2D eigenvalue weighted by molar-refractivity contribution is -0.149. The zero-order valence-corrected chi connectivity index (χ0v) is 8.83. The van der Waals surface area contributed by atoms with Crippen LogP contribution in [0, 0.1) is 22.7 Å². The molecule has 78 valence electrons. The van der Waals surface area contributed by atoms with E-state index in [4.69, 9.17) is 5.11 Å². The number of Topliss-reactive ketones (excluding diaryl/α,β-unsaturated/α-hetero) is 1. The summed E-state index contributed by atoms with van der Waals surface area (Å²) in [5.74, 6) is -1.69. The van der Waals surface area contributed by atoms with Crippen molar-refractivity contribution in [2.24, 2.45) is 22.7 Å². The minimum absolute atomic E-state index is 0.0394. The summed E-state index contributed by atoms with van der Waals surface area (Å²) in [4.78, 5) is 23.0. The number of ketones is 1. The Morgan fingerprint density at radius 1 is 1.43 bits per heavy atom. The molecule has 2 aliphatic rings. The fourth-order valence-corrected chi connectivity index (χ4v) is 3.37. The van der Waals surface area contributed by atoms with Gasteiger partial charge in [0.15, 0.2) is 5.78 Å². The molecule has 2 bridgehead atoms. The summed E-state index contributed by atoms with van der Waals surface area (Å²) >= 11 is 0. The highest BCUT2D eigenvalue weighted by Gasteiger charge is 2.68. The van der Waals surface area contributed by atoms with E-state index < -0.39 is 17.3 Å². The molecule has 0 aromatic heterocycles. The Kier molecular flexibility index (Phi) is 1.65. The highest BCUT2D eigenvalue weighted by molar-refractivity contribution is 6.04. The lowest BCUT2D eigenvalue weighted by atomic mass is 9.70. The highest BCUT2D eigenvalue weighted by Crippen LogP contribution is 2.65. The van der Waals surface area contributed by atoms with E-state index in [1.54, 1.807) is 0 Å². The predicted octanol–water partition coefficient (Wildman–Crippen LogP) is 1.71. The van der Waals surface area contributed by atoms with E-state index in [0.717, 1.165) is 12.8 Å². The summed E-state index contributed by atoms with van der Waals surface area (Å²) in [7, 11) is 0. The number of hydrogen-bond acceptors (Lipinski definition) is 2. The molecule has 0 amide bonds. The van der Waals surface area contributed by atoms with Crippen molar-refractivity contribution < 1.29 is 14.7 Å². The van der Waals surface area contributed by atoms with E-state index in [-0.39, 0.29) is 17.1 Å². The molecule has 0 heterocycles. The second kappa shape index (κ2) is 2.38. The molecule has 0 aromatic carbocycles. The van der Waals surface area contributed by atoms with Crippen LogP contribution in [0.2, 0.25) is 0 Å². The minimum Gasteiger partial charge on any atom is -0.481 e. The number of rotatable bonds is 1. The van der Waals surface area contributed by atoms with E-state index in [0.29, 0.717) is 0 Å². The normalized spacial score (nSPS) is 44.4. The Labute approximate surface area is 83.5 Å². The number of carbonyl (C=O) groups is 2. The molecule has 3 heteroatoms. The number of carboxylic acid groups (broad SMARTS) is 1. The van der Waals surface area contributed by atoms with Gasteiger partial charge < -0.3 is 5.11 Å². The molecule has 2 fully saturated rings. The van der Waals surface area contributed by atoms with Gasteiger partial charge in [0.05, 0.1) is 0 Å². The molecule has 3 nitrogen and oxygen atoms in total. The second-order valence-corrected chi connectivity index (χ2v) is 5.38. The first-order valence-electron chi connectivity index (χ1n) is 5.09. The van der Waals surface area contributed by atoms with Gasteiger partial charge in [-0.15, -0.1) is 0 Å². The first-order valence-corrected chi connectivity index (χ1v) is 5.09. The van der Waals surface area contributed by atoms with E-state index in [2.05, 4.69) is 0 Å². The van der Waals surface area contributed by atoms with Gasteiger partial charge >= 0.3 is 5.97 Å². The maximum absolute atomic E-state index is 12.0. The van der Waals surface area contributed by atoms with Crippen LogP contribution < -0.4 is 0 Å². The lowest BCUT2D eigenvalue weighted by Gasteiger charge is -2.32. The number of fused-ring (bicyclic) bond motifs is 2. The quantitative estimate of drug-likeness (QED) is 0.649. The van der Waals surface area contributed by atoms with Gasteiger partial charge in [0, 0.05) is 5.41 Å². The number of hydrogen-bond donors (Lipinski definition) is 1. The van der Waals surface area contributed by atoms with Crippen molar-refractivity contribution in [3.05, 3.63) is 0 Å². The molecule has 0 saturated heterocycles. The van der Waals surface area contributed by atoms with E-state index in [9.17, 15) is 9.59 Å². The molecule has 3 atom stereocenters. The Morgan fingerprint density at radius 3 is 2.29 bits per heavy atom. The van der Waals surface area contributed by atoms with Gasteiger partial charge in [-0.25, -0.2) is 0 Å². The molecule has 2 saturated carbocycles. The Balaban J connectivity index is 2.49. The number of carbonyl (C=O) groups excluding carboxylic acids is 1. The van der Waals surface area contributed by atoms with Gasteiger partial charge in [-0.2, -0.15) is 0 Å². The molecule has 0 spiro atoms. The molecule has 2 rings (SSSR count). The molecule has 2 aliphatic carbocycles. The molecule has 0 aromatic rings. The first-order chi connectivity index (χ1) is 6.32. The molecule has 1 N–H and O–H groups in total. The third kappa shape index (κ3) is 0.787. The van der Waals surface area contributed by atoms with Gasteiger partial charge in [0.25, 0.3) is 0 Å². The summed E-state index contributed by atoms with van der Waals surface area (Å²) in [6.45, 7) is 6.00. The van der Waals surface area contributed by atoms with Crippen LogP contribution in [0.4, 0.5) is 0 Å². The Hall–Kier alpha value is -0.860. The van der Waals surface area contributed by atoms with Gasteiger partial charge in [0.2, 0.25) is 0 Å². The van der Waals surface area contributed by atoms with Crippen LogP contribution in [0.15, 0.2) is 0 Å². The average Bonchev–Trinajstić information content (AvgIpc) is 2.35. The first kappa shape index (κ1) is 9.69. The van der Waals surface area contributed by atoms with Crippen LogP contribution >= 0.6 is 0 Å². The molecule has 0 unspecified atom stereocenters. The van der Waals surface area contributed by atoms with Crippen molar-refractivity contribution in [3.8, 4) is 0 Å². The topological polar surface area (TPSA) is 54.4 Å². The van der Waals surface area contributed by atoms with Crippen LogP contribution in [0.3, 0.4) is 0 Å². The van der Waals surface area contributed by atoms with Gasteiger partial charge in [0.1, 0.15) is 5.92 Å². The maximum Gasteiger partial charge on any atom is 0.314 e. The zero-order chi connectivity index (χ0) is 10.7. The SMILES string of the molecule is CC1(C)[C@@H]2CC[C@@]1(C)C(=O)[C@@H]2C(=O)O. The van der Waals surface area contributed by atoms with E-state index >= 15 is 0 Å². The van der Waals surface area contributed by atoms with Crippen LogP contribution in [0.25, 0.3) is 0 Å². The average molecular weight is 196 g/mol. The summed E-state index contributed by atoms with van der Waals surface area (Å²) in [6, 6.07) is 0. The highest BCUT2D eigenvalue weighted by atomic mass is 16.4. The number of aliphatic carboxylic acids is 1. The van der Waals surface area contributed by atoms with Crippen molar-refractivity contribution in [2.45, 2.75) is 33.6 Å². The third-order valence-corrected chi connectivity index (χ3v) is 4.80. The summed E-state index contributed by atoms with van der Waals surface area (Å²) in [5.41, 5.74) is -0.548. The molecule has 0 radical (unpaired) electrons. The Morgan fingerprint density at radius 2 is 2.00 bits per heavy atom. The third-order valence-electron chi connectivity index (χ3n) is 4.80. The fourth-order valence-electron chi connectivity index (χ4n) is 3.37. The minimum atomic E-state index is -0.934. The van der Waals surface area contributed by atoms with E-state index in [1.807, 2.05) is 20.8 Å². The molecular formula is C11H16O3. The lowest BCUT2D eigenvalue weighted by Crippen LogP contribution is -2.35. The van der Waals surface area contributed by atoms with Crippen molar-refractivity contribution >= 4 is 11.8 Å². The maximum atomic E-state index is 12.0. The molecule has 0 aliphatic heterocycles. The monoisotopic (exact) mass is 196 g/mol.